The summed E-state index contributed by atoms with van der Waals surface area (Å²) in [4.78, 5) is 2.48. The van der Waals surface area contributed by atoms with E-state index in [4.69, 9.17) is 4.52 Å². The summed E-state index contributed by atoms with van der Waals surface area (Å²) in [5.41, 5.74) is 5.94. The molecule has 4 rings (SSSR count). The van der Waals surface area contributed by atoms with Crippen molar-refractivity contribution in [3.8, 4) is 11.3 Å². The molecular formula is C20H24N4O. The summed E-state index contributed by atoms with van der Waals surface area (Å²) in [7, 11) is 0. The maximum Gasteiger partial charge on any atom is 0.133 e. The Balaban J connectivity index is 1.56. The van der Waals surface area contributed by atoms with Gasteiger partial charge in [0.1, 0.15) is 11.5 Å². The van der Waals surface area contributed by atoms with Crippen LogP contribution in [0.1, 0.15) is 48.4 Å². The van der Waals surface area contributed by atoms with Gasteiger partial charge in [0, 0.05) is 18.2 Å². The Morgan fingerprint density at radius 3 is 2.84 bits per heavy atom. The van der Waals surface area contributed by atoms with Crippen molar-refractivity contribution in [2.75, 3.05) is 6.54 Å². The number of nitrogens with zero attached hydrogens (tertiary/aromatic N) is 3. The zero-order valence-electron chi connectivity index (χ0n) is 14.8. The molecule has 0 bridgehead atoms. The number of rotatable bonds is 5. The molecule has 5 heteroatoms. The standard InChI is InChI=1S/C20H24N4O/c1-3-15-6-8-16(9-7-15)20-17(12-21-22-20)13-24-10-4-5-19(24)18-11-14(2)25-23-18/h6-9,11-12,19H,3-5,10,13H2,1-2H3,(H,21,22)/t19-/m0/s1. The molecule has 0 radical (unpaired) electrons. The highest BCUT2D eigenvalue weighted by atomic mass is 16.5. The van der Waals surface area contributed by atoms with Gasteiger partial charge in [-0.2, -0.15) is 5.10 Å². The van der Waals surface area contributed by atoms with Gasteiger partial charge in [-0.25, -0.2) is 0 Å². The lowest BCUT2D eigenvalue weighted by molar-refractivity contribution is 0.237. The fourth-order valence-electron chi connectivity index (χ4n) is 3.70. The number of aryl methyl sites for hydroxylation is 2. The van der Waals surface area contributed by atoms with Crippen LogP contribution in [0.3, 0.4) is 0 Å². The zero-order valence-corrected chi connectivity index (χ0v) is 14.8. The van der Waals surface area contributed by atoms with E-state index in [1.807, 2.05) is 13.1 Å². The van der Waals surface area contributed by atoms with Crippen molar-refractivity contribution in [1.82, 2.24) is 20.3 Å². The average molecular weight is 336 g/mol. The molecule has 1 aliphatic heterocycles. The number of aromatic amines is 1. The predicted molar refractivity (Wildman–Crippen MR) is 97.0 cm³/mol. The van der Waals surface area contributed by atoms with E-state index in [-0.39, 0.29) is 0 Å². The number of hydrogen-bond acceptors (Lipinski definition) is 4. The SMILES string of the molecule is CCc1ccc(-c2[nH]ncc2CN2CCC[C@H]2c2cc(C)on2)cc1. The van der Waals surface area contributed by atoms with Crippen LogP contribution < -0.4 is 0 Å². The highest BCUT2D eigenvalue weighted by Crippen LogP contribution is 2.34. The molecule has 1 N–H and O–H groups in total. The van der Waals surface area contributed by atoms with E-state index in [1.54, 1.807) is 0 Å². The minimum absolute atomic E-state index is 0.336. The number of likely N-dealkylation sites (tertiary alicyclic amines) is 1. The van der Waals surface area contributed by atoms with Crippen molar-refractivity contribution in [1.29, 1.82) is 0 Å². The van der Waals surface area contributed by atoms with Crippen LogP contribution >= 0.6 is 0 Å². The fraction of sp³-hybridized carbons (Fsp3) is 0.400. The summed E-state index contributed by atoms with van der Waals surface area (Å²) >= 11 is 0. The summed E-state index contributed by atoms with van der Waals surface area (Å²) in [5, 5.41) is 11.7. The van der Waals surface area contributed by atoms with E-state index in [0.717, 1.165) is 43.1 Å². The molecule has 130 valence electrons. The Morgan fingerprint density at radius 2 is 2.12 bits per heavy atom. The van der Waals surface area contributed by atoms with Crippen LogP contribution in [0, 0.1) is 6.92 Å². The molecule has 1 aliphatic rings. The van der Waals surface area contributed by atoms with Gasteiger partial charge in [0.2, 0.25) is 0 Å². The lowest BCUT2D eigenvalue weighted by atomic mass is 10.0. The van der Waals surface area contributed by atoms with Crippen LogP contribution in [0.15, 0.2) is 41.1 Å². The van der Waals surface area contributed by atoms with Crippen molar-refractivity contribution < 1.29 is 4.52 Å². The molecule has 2 aromatic heterocycles. The Bertz CT molecular complexity index is 834. The van der Waals surface area contributed by atoms with Gasteiger partial charge in [0.15, 0.2) is 0 Å². The lowest BCUT2D eigenvalue weighted by Crippen LogP contribution is -2.23. The lowest BCUT2D eigenvalue weighted by Gasteiger charge is -2.22. The highest BCUT2D eigenvalue weighted by molar-refractivity contribution is 5.62. The Hall–Kier alpha value is -2.40. The molecular weight excluding hydrogens is 312 g/mol. The molecule has 0 spiro atoms. The molecule has 1 aromatic carbocycles. The minimum atomic E-state index is 0.336. The van der Waals surface area contributed by atoms with E-state index < -0.39 is 0 Å². The van der Waals surface area contributed by atoms with Crippen LogP contribution in [0.2, 0.25) is 0 Å². The normalized spacial score (nSPS) is 18.1. The molecule has 0 aliphatic carbocycles. The van der Waals surface area contributed by atoms with E-state index in [2.05, 4.69) is 57.5 Å². The van der Waals surface area contributed by atoms with E-state index in [9.17, 15) is 0 Å². The molecule has 5 nitrogen and oxygen atoms in total. The Labute approximate surface area is 148 Å². The number of aromatic nitrogens is 3. The summed E-state index contributed by atoms with van der Waals surface area (Å²) in [6.07, 6.45) is 5.33. The first-order valence-corrected chi connectivity index (χ1v) is 9.03. The van der Waals surface area contributed by atoms with Crippen LogP contribution in [-0.4, -0.2) is 26.8 Å². The van der Waals surface area contributed by atoms with Gasteiger partial charge in [0.05, 0.1) is 17.9 Å². The molecule has 0 saturated carbocycles. The van der Waals surface area contributed by atoms with Gasteiger partial charge >= 0.3 is 0 Å². The maximum absolute atomic E-state index is 5.28. The average Bonchev–Trinajstić information content (AvgIpc) is 3.36. The van der Waals surface area contributed by atoms with Crippen LogP contribution in [0.4, 0.5) is 0 Å². The largest absolute Gasteiger partial charge is 0.361 e. The first-order chi connectivity index (χ1) is 12.2. The second kappa shape index (κ2) is 6.84. The van der Waals surface area contributed by atoms with E-state index >= 15 is 0 Å². The highest BCUT2D eigenvalue weighted by Gasteiger charge is 2.29. The van der Waals surface area contributed by atoms with Crippen molar-refractivity contribution in [3.05, 3.63) is 59.1 Å². The second-order valence-electron chi connectivity index (χ2n) is 6.81. The quantitative estimate of drug-likeness (QED) is 0.756. The van der Waals surface area contributed by atoms with Crippen LogP contribution in [-0.2, 0) is 13.0 Å². The summed E-state index contributed by atoms with van der Waals surface area (Å²) in [5.74, 6) is 0.877. The van der Waals surface area contributed by atoms with Gasteiger partial charge in [0.25, 0.3) is 0 Å². The van der Waals surface area contributed by atoms with E-state index in [1.165, 1.54) is 23.1 Å². The van der Waals surface area contributed by atoms with Gasteiger partial charge in [-0.3, -0.25) is 10.00 Å². The van der Waals surface area contributed by atoms with Gasteiger partial charge in [-0.1, -0.05) is 36.3 Å². The van der Waals surface area contributed by atoms with Crippen molar-refractivity contribution in [3.63, 3.8) is 0 Å². The summed E-state index contributed by atoms with van der Waals surface area (Å²) < 4.78 is 5.28. The topological polar surface area (TPSA) is 58.0 Å². The van der Waals surface area contributed by atoms with E-state index in [0.29, 0.717) is 6.04 Å². The number of nitrogens with one attached hydrogen (secondary N) is 1. The maximum atomic E-state index is 5.28. The first-order valence-electron chi connectivity index (χ1n) is 9.03. The zero-order chi connectivity index (χ0) is 17.2. The Morgan fingerprint density at radius 1 is 1.28 bits per heavy atom. The summed E-state index contributed by atoms with van der Waals surface area (Å²) in [6, 6.07) is 11.1. The molecule has 25 heavy (non-hydrogen) atoms. The smallest absolute Gasteiger partial charge is 0.133 e. The number of H-pyrrole nitrogens is 1. The third kappa shape index (κ3) is 3.24. The molecule has 3 aromatic rings. The van der Waals surface area contributed by atoms with Crippen molar-refractivity contribution in [2.45, 2.75) is 45.7 Å². The summed E-state index contributed by atoms with van der Waals surface area (Å²) in [6.45, 7) is 6.08. The monoisotopic (exact) mass is 336 g/mol. The van der Waals surface area contributed by atoms with Crippen LogP contribution in [0.25, 0.3) is 11.3 Å². The molecule has 1 fully saturated rings. The Kier molecular flexibility index (Phi) is 4.40. The molecule has 0 amide bonds. The molecule has 3 heterocycles. The van der Waals surface area contributed by atoms with Crippen molar-refractivity contribution in [2.24, 2.45) is 0 Å². The molecule has 0 unspecified atom stereocenters. The van der Waals surface area contributed by atoms with Gasteiger partial charge in [-0.15, -0.1) is 0 Å². The number of hydrogen-bond donors (Lipinski definition) is 1. The molecule has 1 saturated heterocycles. The third-order valence-electron chi connectivity index (χ3n) is 5.09. The van der Waals surface area contributed by atoms with Gasteiger partial charge < -0.3 is 4.52 Å². The minimum Gasteiger partial charge on any atom is -0.361 e. The van der Waals surface area contributed by atoms with Crippen LogP contribution in [0.5, 0.6) is 0 Å². The molecule has 1 atom stereocenters. The first kappa shape index (κ1) is 16.1. The fourth-order valence-corrected chi connectivity index (χ4v) is 3.70. The van der Waals surface area contributed by atoms with Gasteiger partial charge in [-0.05, 0) is 43.9 Å². The number of benzene rings is 1. The second-order valence-corrected chi connectivity index (χ2v) is 6.81. The third-order valence-corrected chi connectivity index (χ3v) is 5.09. The van der Waals surface area contributed by atoms with Crippen molar-refractivity contribution >= 4 is 0 Å². The predicted octanol–water partition coefficient (Wildman–Crippen LogP) is 4.27.